The van der Waals surface area contributed by atoms with Crippen molar-refractivity contribution in [3.05, 3.63) is 125 Å². The van der Waals surface area contributed by atoms with E-state index in [4.69, 9.17) is 9.47 Å². The minimum absolute atomic E-state index is 0.117. The molecule has 4 aromatic carbocycles. The van der Waals surface area contributed by atoms with Crippen LogP contribution in [-0.2, 0) is 15.3 Å². The highest BCUT2D eigenvalue weighted by atomic mass is 32.2. The smallest absolute Gasteiger partial charge is 0.410 e. The Morgan fingerprint density at radius 3 is 2.07 bits per heavy atom. The van der Waals surface area contributed by atoms with Gasteiger partial charge in [0.25, 0.3) is 0 Å². The Bertz CT molecular complexity index is 1460. The molecular weight excluding hydrogens is 534 g/mol. The number of benzene rings is 4. The van der Waals surface area contributed by atoms with Crippen molar-refractivity contribution in [2.75, 3.05) is 26.0 Å². The quantitative estimate of drug-likeness (QED) is 0.205. The number of carbonyl (C=O) groups excluding carboxylic acids is 1. The van der Waals surface area contributed by atoms with Crippen molar-refractivity contribution in [1.29, 1.82) is 0 Å². The summed E-state index contributed by atoms with van der Waals surface area (Å²) in [6, 6.07) is 31.5. The molecule has 0 saturated carbocycles. The maximum Gasteiger partial charge on any atom is 0.410 e. The standard InChI is InChI=1S/C34H33NO5S/c1-23-11-13-24(14-12-23)21-41-22-32(25-15-17-26(39-2)18-16-25)35(19-33(36)37)34(38)40-20-31-29-9-5-3-7-27(29)28-8-4-6-10-30(28)31/h3-18,31-32H,19-22H2,1-2H3,(H,36,37). The molecule has 41 heavy (non-hydrogen) atoms. The van der Waals surface area contributed by atoms with E-state index in [-0.39, 0.29) is 12.5 Å². The molecule has 0 radical (unpaired) electrons. The van der Waals surface area contributed by atoms with Crippen LogP contribution in [0.1, 0.15) is 39.8 Å². The summed E-state index contributed by atoms with van der Waals surface area (Å²) < 4.78 is 11.2. The lowest BCUT2D eigenvalue weighted by atomic mass is 9.98. The van der Waals surface area contributed by atoms with Gasteiger partial charge in [0, 0.05) is 17.4 Å². The molecule has 0 saturated heterocycles. The average molecular weight is 568 g/mol. The summed E-state index contributed by atoms with van der Waals surface area (Å²) in [5.74, 6) is 0.704. The highest BCUT2D eigenvalue weighted by Crippen LogP contribution is 2.44. The van der Waals surface area contributed by atoms with Gasteiger partial charge in [-0.2, -0.15) is 11.8 Å². The van der Waals surface area contributed by atoms with Gasteiger partial charge in [-0.1, -0.05) is 90.5 Å². The highest BCUT2D eigenvalue weighted by molar-refractivity contribution is 7.98. The topological polar surface area (TPSA) is 76.1 Å². The lowest BCUT2D eigenvalue weighted by molar-refractivity contribution is -0.138. The average Bonchev–Trinajstić information content (AvgIpc) is 3.31. The Balaban J connectivity index is 1.37. The van der Waals surface area contributed by atoms with Gasteiger partial charge < -0.3 is 14.6 Å². The molecule has 1 atom stereocenters. The fourth-order valence-electron chi connectivity index (χ4n) is 5.29. The first-order valence-corrected chi connectivity index (χ1v) is 14.7. The van der Waals surface area contributed by atoms with Crippen LogP contribution < -0.4 is 4.74 Å². The SMILES string of the molecule is COc1ccc(C(CSCc2ccc(C)cc2)N(CC(=O)O)C(=O)OCC2c3ccccc3-c3ccccc32)cc1. The fraction of sp³-hybridized carbons (Fsp3) is 0.235. The van der Waals surface area contributed by atoms with Crippen LogP contribution in [0.4, 0.5) is 4.79 Å². The molecule has 210 valence electrons. The second kappa shape index (κ2) is 13.0. The van der Waals surface area contributed by atoms with Gasteiger partial charge in [-0.15, -0.1) is 0 Å². The number of ether oxygens (including phenoxy) is 2. The van der Waals surface area contributed by atoms with E-state index in [0.717, 1.165) is 33.6 Å². The molecule has 6 nitrogen and oxygen atoms in total. The van der Waals surface area contributed by atoms with Crippen LogP contribution in [0.3, 0.4) is 0 Å². The van der Waals surface area contributed by atoms with Crippen molar-refractivity contribution < 1.29 is 24.2 Å². The largest absolute Gasteiger partial charge is 0.497 e. The Hall–Kier alpha value is -4.23. The van der Waals surface area contributed by atoms with Crippen LogP contribution in [0.15, 0.2) is 97.1 Å². The van der Waals surface area contributed by atoms with Gasteiger partial charge in [-0.05, 0) is 52.4 Å². The Kier molecular flexibility index (Phi) is 8.95. The number of rotatable bonds is 11. The number of carboxylic acids is 1. The molecule has 1 aliphatic rings. The van der Waals surface area contributed by atoms with Crippen LogP contribution >= 0.6 is 11.8 Å². The number of hydrogen-bond donors (Lipinski definition) is 1. The summed E-state index contributed by atoms with van der Waals surface area (Å²) in [4.78, 5) is 27.0. The molecule has 1 aliphatic carbocycles. The van der Waals surface area contributed by atoms with E-state index in [0.29, 0.717) is 11.5 Å². The molecule has 0 fully saturated rings. The first kappa shape index (κ1) is 28.3. The molecule has 0 aliphatic heterocycles. The number of thioether (sulfide) groups is 1. The van der Waals surface area contributed by atoms with Crippen molar-refractivity contribution in [2.24, 2.45) is 0 Å². The van der Waals surface area contributed by atoms with Crippen molar-refractivity contribution in [3.63, 3.8) is 0 Å². The number of carbonyl (C=O) groups is 2. The molecule has 0 bridgehead atoms. The zero-order chi connectivity index (χ0) is 28.8. The zero-order valence-corrected chi connectivity index (χ0v) is 24.0. The fourth-order valence-corrected chi connectivity index (χ4v) is 6.43. The molecule has 1 N–H and O–H groups in total. The first-order valence-electron chi connectivity index (χ1n) is 13.5. The van der Waals surface area contributed by atoms with Crippen LogP contribution in [0.2, 0.25) is 0 Å². The van der Waals surface area contributed by atoms with E-state index >= 15 is 0 Å². The van der Waals surface area contributed by atoms with Gasteiger partial charge in [-0.3, -0.25) is 9.69 Å². The molecule has 7 heteroatoms. The number of nitrogens with zero attached hydrogens (tertiary/aromatic N) is 1. The van der Waals surface area contributed by atoms with Gasteiger partial charge in [-0.25, -0.2) is 4.79 Å². The van der Waals surface area contributed by atoms with Crippen LogP contribution in [0.25, 0.3) is 11.1 Å². The maximum absolute atomic E-state index is 13.7. The van der Waals surface area contributed by atoms with Crippen molar-refractivity contribution >= 4 is 23.8 Å². The summed E-state index contributed by atoms with van der Waals surface area (Å²) in [6.45, 7) is 1.70. The summed E-state index contributed by atoms with van der Waals surface area (Å²) in [6.07, 6.45) is -0.647. The number of hydrogen-bond acceptors (Lipinski definition) is 5. The second-order valence-electron chi connectivity index (χ2n) is 10.1. The molecule has 0 heterocycles. The van der Waals surface area contributed by atoms with E-state index in [9.17, 15) is 14.7 Å². The van der Waals surface area contributed by atoms with Gasteiger partial charge in [0.2, 0.25) is 0 Å². The summed E-state index contributed by atoms with van der Waals surface area (Å²) in [5, 5.41) is 9.80. The predicted molar refractivity (Wildman–Crippen MR) is 162 cm³/mol. The molecule has 0 aromatic heterocycles. The second-order valence-corrected chi connectivity index (χ2v) is 11.1. The van der Waals surface area contributed by atoms with E-state index in [1.54, 1.807) is 18.9 Å². The third-order valence-corrected chi connectivity index (χ3v) is 8.51. The zero-order valence-electron chi connectivity index (χ0n) is 23.2. The van der Waals surface area contributed by atoms with E-state index in [1.807, 2.05) is 48.5 Å². The monoisotopic (exact) mass is 567 g/mol. The Morgan fingerprint density at radius 1 is 0.878 bits per heavy atom. The number of amides is 1. The molecule has 1 amide bonds. The number of fused-ring (bicyclic) bond motifs is 3. The van der Waals surface area contributed by atoms with Crippen molar-refractivity contribution in [3.8, 4) is 16.9 Å². The van der Waals surface area contributed by atoms with Crippen LogP contribution in [-0.4, -0.2) is 48.1 Å². The molecule has 0 spiro atoms. The Morgan fingerprint density at radius 2 is 1.49 bits per heavy atom. The summed E-state index contributed by atoms with van der Waals surface area (Å²) in [5.41, 5.74) is 7.65. The van der Waals surface area contributed by atoms with E-state index < -0.39 is 24.6 Å². The van der Waals surface area contributed by atoms with E-state index in [2.05, 4.69) is 55.5 Å². The third-order valence-electron chi connectivity index (χ3n) is 7.42. The maximum atomic E-state index is 13.7. The molecule has 4 aromatic rings. The summed E-state index contributed by atoms with van der Waals surface area (Å²) >= 11 is 1.65. The van der Waals surface area contributed by atoms with Gasteiger partial charge in [0.05, 0.1) is 13.2 Å². The van der Waals surface area contributed by atoms with Gasteiger partial charge >= 0.3 is 12.1 Å². The molecular formula is C34H33NO5S. The van der Waals surface area contributed by atoms with Crippen molar-refractivity contribution in [2.45, 2.75) is 24.6 Å². The highest BCUT2D eigenvalue weighted by Gasteiger charge is 2.32. The minimum Gasteiger partial charge on any atom is -0.497 e. The number of aryl methyl sites for hydroxylation is 1. The van der Waals surface area contributed by atoms with Gasteiger partial charge in [0.15, 0.2) is 0 Å². The Labute approximate surface area is 244 Å². The van der Waals surface area contributed by atoms with Crippen molar-refractivity contribution in [1.82, 2.24) is 4.90 Å². The normalized spacial score (nSPS) is 12.7. The third kappa shape index (κ3) is 6.57. The van der Waals surface area contributed by atoms with Crippen LogP contribution in [0, 0.1) is 6.92 Å². The first-order chi connectivity index (χ1) is 19.9. The van der Waals surface area contributed by atoms with Crippen LogP contribution in [0.5, 0.6) is 5.75 Å². The number of methoxy groups -OCH3 is 1. The van der Waals surface area contributed by atoms with E-state index in [1.165, 1.54) is 16.0 Å². The molecule has 1 unspecified atom stereocenters. The summed E-state index contributed by atoms with van der Waals surface area (Å²) in [7, 11) is 1.59. The lowest BCUT2D eigenvalue weighted by Crippen LogP contribution is -2.40. The molecule has 5 rings (SSSR count). The number of carboxylic acid groups (broad SMARTS) is 1. The minimum atomic E-state index is -1.10. The number of aliphatic carboxylic acids is 1. The van der Waals surface area contributed by atoms with Gasteiger partial charge in [0.1, 0.15) is 18.9 Å². The predicted octanol–water partition coefficient (Wildman–Crippen LogP) is 7.31. The lowest BCUT2D eigenvalue weighted by Gasteiger charge is -2.31.